The fourth-order valence-electron chi connectivity index (χ4n) is 9.78. The van der Waals surface area contributed by atoms with E-state index < -0.39 is 0 Å². The van der Waals surface area contributed by atoms with Gasteiger partial charge in [-0.3, -0.25) is 0 Å². The average Bonchev–Trinajstić information content (AvgIpc) is 3.54. The monoisotopic (exact) mass is 765 g/mol. The average molecular weight is 766 g/mol. The van der Waals surface area contributed by atoms with Gasteiger partial charge in [-0.15, -0.1) is 0 Å². The van der Waals surface area contributed by atoms with Crippen LogP contribution < -0.4 is 4.90 Å². The Morgan fingerprint density at radius 3 is 1.53 bits per heavy atom. The Hall–Kier alpha value is -7.48. The van der Waals surface area contributed by atoms with Crippen molar-refractivity contribution in [3.63, 3.8) is 0 Å². The second-order valence-electron chi connectivity index (χ2n) is 16.4. The highest BCUT2D eigenvalue weighted by Gasteiger charge is 2.35. The summed E-state index contributed by atoms with van der Waals surface area (Å²) in [6, 6.07) is 82.4. The van der Waals surface area contributed by atoms with Crippen LogP contribution in [0.2, 0.25) is 0 Å². The first kappa shape index (κ1) is 35.7. The van der Waals surface area contributed by atoms with Gasteiger partial charge in [0.15, 0.2) is 0 Å². The molecule has 1 nitrogen and oxygen atoms in total. The van der Waals surface area contributed by atoms with E-state index in [0.717, 1.165) is 17.1 Å². The van der Waals surface area contributed by atoms with Crippen LogP contribution in [0.4, 0.5) is 17.1 Å². The molecule has 0 aliphatic heterocycles. The number of benzene rings is 10. The van der Waals surface area contributed by atoms with Gasteiger partial charge in [-0.25, -0.2) is 0 Å². The molecule has 0 fully saturated rings. The van der Waals surface area contributed by atoms with E-state index in [1.807, 2.05) is 0 Å². The van der Waals surface area contributed by atoms with Gasteiger partial charge in [-0.1, -0.05) is 214 Å². The van der Waals surface area contributed by atoms with Crippen molar-refractivity contribution in [2.24, 2.45) is 0 Å². The summed E-state index contributed by atoms with van der Waals surface area (Å²) in [7, 11) is 0. The molecule has 1 heteroatoms. The maximum atomic E-state index is 2.48. The van der Waals surface area contributed by atoms with Gasteiger partial charge < -0.3 is 4.90 Å². The van der Waals surface area contributed by atoms with Crippen molar-refractivity contribution in [1.29, 1.82) is 0 Å². The van der Waals surface area contributed by atoms with Gasteiger partial charge in [0.1, 0.15) is 0 Å². The Kier molecular flexibility index (Phi) is 8.57. The van der Waals surface area contributed by atoms with Crippen molar-refractivity contribution >= 4 is 38.6 Å². The molecule has 0 spiro atoms. The Balaban J connectivity index is 1.07. The smallest absolute Gasteiger partial charge is 0.0540 e. The molecule has 0 heterocycles. The van der Waals surface area contributed by atoms with E-state index in [9.17, 15) is 0 Å². The van der Waals surface area contributed by atoms with Gasteiger partial charge in [0.05, 0.1) is 11.4 Å². The number of rotatable bonds is 7. The molecule has 10 aromatic carbocycles. The fourth-order valence-corrected chi connectivity index (χ4v) is 9.78. The molecule has 60 heavy (non-hydrogen) atoms. The van der Waals surface area contributed by atoms with Crippen molar-refractivity contribution < 1.29 is 0 Å². The lowest BCUT2D eigenvalue weighted by molar-refractivity contribution is 0.660. The lowest BCUT2D eigenvalue weighted by atomic mass is 9.82. The van der Waals surface area contributed by atoms with Crippen LogP contribution in [0.15, 0.2) is 224 Å². The van der Waals surface area contributed by atoms with Crippen molar-refractivity contribution in [3.05, 3.63) is 236 Å². The predicted molar refractivity (Wildman–Crippen MR) is 255 cm³/mol. The first-order valence-corrected chi connectivity index (χ1v) is 20.9. The number of hydrogen-bond donors (Lipinski definition) is 0. The number of hydrogen-bond acceptors (Lipinski definition) is 1. The predicted octanol–water partition coefficient (Wildman–Crippen LogP) is 16.4. The van der Waals surface area contributed by atoms with Crippen LogP contribution in [0.1, 0.15) is 25.0 Å². The van der Waals surface area contributed by atoms with Gasteiger partial charge in [0, 0.05) is 22.1 Å². The third kappa shape index (κ3) is 5.85. The number of fused-ring (bicyclic) bond motifs is 5. The molecule has 1 aliphatic rings. The SMILES string of the molecule is CC1(C)c2ccccc2-c2cc(N(c3ccccc3-c3ccccc3)c3ccc(-c4ccc(-c5cccc6cccc(-c7ccccc7)c56)cc4)c4ccccc34)ccc21. The second kappa shape index (κ2) is 14.4. The lowest BCUT2D eigenvalue weighted by Crippen LogP contribution is -2.15. The first-order valence-electron chi connectivity index (χ1n) is 20.9. The summed E-state index contributed by atoms with van der Waals surface area (Å²) in [6.07, 6.45) is 0. The Morgan fingerprint density at radius 2 is 0.833 bits per heavy atom. The van der Waals surface area contributed by atoms with Crippen LogP contribution in [0.25, 0.3) is 77.2 Å². The molecule has 10 aromatic rings. The molecule has 0 radical (unpaired) electrons. The minimum atomic E-state index is -0.0705. The summed E-state index contributed by atoms with van der Waals surface area (Å²) in [5.41, 5.74) is 18.4. The molecule has 0 saturated heterocycles. The number of para-hydroxylation sites is 1. The lowest BCUT2D eigenvalue weighted by Gasteiger charge is -2.30. The summed E-state index contributed by atoms with van der Waals surface area (Å²) in [5.74, 6) is 0. The topological polar surface area (TPSA) is 3.24 Å². The van der Waals surface area contributed by atoms with E-state index in [1.54, 1.807) is 0 Å². The zero-order valence-corrected chi connectivity index (χ0v) is 33.8. The molecule has 0 unspecified atom stereocenters. The van der Waals surface area contributed by atoms with Crippen LogP contribution in [0, 0.1) is 0 Å². The first-order chi connectivity index (χ1) is 29.5. The van der Waals surface area contributed by atoms with Crippen molar-refractivity contribution in [1.82, 2.24) is 0 Å². The highest BCUT2D eigenvalue weighted by atomic mass is 15.1. The van der Waals surface area contributed by atoms with E-state index in [2.05, 4.69) is 243 Å². The van der Waals surface area contributed by atoms with Gasteiger partial charge in [0.25, 0.3) is 0 Å². The minimum absolute atomic E-state index is 0.0705. The summed E-state index contributed by atoms with van der Waals surface area (Å²) in [4.78, 5) is 2.48. The van der Waals surface area contributed by atoms with Crippen molar-refractivity contribution in [3.8, 4) is 55.6 Å². The summed E-state index contributed by atoms with van der Waals surface area (Å²) in [5, 5.41) is 4.94. The van der Waals surface area contributed by atoms with Gasteiger partial charge in [-0.2, -0.15) is 0 Å². The Labute approximate surface area is 352 Å². The second-order valence-corrected chi connectivity index (χ2v) is 16.4. The maximum Gasteiger partial charge on any atom is 0.0540 e. The molecule has 11 rings (SSSR count). The molecule has 1 aliphatic carbocycles. The number of nitrogens with zero attached hydrogens (tertiary/aromatic N) is 1. The minimum Gasteiger partial charge on any atom is -0.309 e. The molecular weight excluding hydrogens is 723 g/mol. The van der Waals surface area contributed by atoms with Gasteiger partial charge in [0.2, 0.25) is 0 Å². The van der Waals surface area contributed by atoms with Crippen LogP contribution in [0.3, 0.4) is 0 Å². The normalized spacial score (nSPS) is 12.6. The maximum absolute atomic E-state index is 2.48. The zero-order valence-electron chi connectivity index (χ0n) is 33.8. The molecule has 0 saturated carbocycles. The Bertz CT molecular complexity index is 3210. The molecule has 284 valence electrons. The molecule has 0 atom stereocenters. The number of anilines is 3. The third-order valence-electron chi connectivity index (χ3n) is 12.7. The largest absolute Gasteiger partial charge is 0.309 e. The van der Waals surface area contributed by atoms with Crippen LogP contribution in [-0.2, 0) is 5.41 Å². The summed E-state index contributed by atoms with van der Waals surface area (Å²) < 4.78 is 0. The molecule has 0 N–H and O–H groups in total. The van der Waals surface area contributed by atoms with Crippen LogP contribution in [0.5, 0.6) is 0 Å². The highest BCUT2D eigenvalue weighted by molar-refractivity contribution is 6.09. The summed E-state index contributed by atoms with van der Waals surface area (Å²) >= 11 is 0. The standard InChI is InChI=1S/C59H43N/c1-59(2)54-29-13-11-25-51(54)53-39-45(35-37-55(53)59)60(56-30-14-12-23-47(56)40-17-5-3-6-18-40)57-38-36-46(50-24-9-10-26-52(50)57)42-31-33-43(34-32-42)49-28-16-22-44-21-15-27-48(58(44)49)41-19-7-4-8-20-41/h3-39H,1-2H3. The van der Waals surface area contributed by atoms with Gasteiger partial charge >= 0.3 is 0 Å². The summed E-state index contributed by atoms with van der Waals surface area (Å²) in [6.45, 7) is 4.70. The van der Waals surface area contributed by atoms with Gasteiger partial charge in [-0.05, 0) is 102 Å². The molecule has 0 bridgehead atoms. The Morgan fingerprint density at radius 1 is 0.317 bits per heavy atom. The quantitative estimate of drug-likeness (QED) is 0.156. The van der Waals surface area contributed by atoms with E-state index in [0.29, 0.717) is 0 Å². The highest BCUT2D eigenvalue weighted by Crippen LogP contribution is 2.52. The molecular formula is C59H43N. The molecule has 0 amide bonds. The van der Waals surface area contributed by atoms with Crippen molar-refractivity contribution in [2.75, 3.05) is 4.90 Å². The van der Waals surface area contributed by atoms with Crippen molar-refractivity contribution in [2.45, 2.75) is 19.3 Å². The fraction of sp³-hybridized carbons (Fsp3) is 0.0508. The van der Waals surface area contributed by atoms with Crippen LogP contribution in [-0.4, -0.2) is 0 Å². The zero-order chi connectivity index (χ0) is 40.2. The molecule has 0 aromatic heterocycles. The third-order valence-corrected chi connectivity index (χ3v) is 12.7. The van der Waals surface area contributed by atoms with E-state index in [1.165, 1.54) is 88.3 Å². The van der Waals surface area contributed by atoms with E-state index in [-0.39, 0.29) is 5.41 Å². The van der Waals surface area contributed by atoms with Crippen LogP contribution >= 0.6 is 0 Å². The van der Waals surface area contributed by atoms with E-state index in [4.69, 9.17) is 0 Å². The van der Waals surface area contributed by atoms with E-state index >= 15 is 0 Å².